The SMILES string of the molecule is CCCCCC[N+](CC)(CC)CC.O=C([O-])C1CCCCC1. The molecule has 1 aliphatic rings. The van der Waals surface area contributed by atoms with E-state index in [0.29, 0.717) is 0 Å². The monoisotopic (exact) mass is 313 g/mol. The maximum absolute atomic E-state index is 10.2. The largest absolute Gasteiger partial charge is 0.550 e. The Hall–Kier alpha value is -0.570. The van der Waals surface area contributed by atoms with Crippen molar-refractivity contribution >= 4 is 5.97 Å². The molecule has 0 aromatic rings. The Labute approximate surface area is 138 Å². The van der Waals surface area contributed by atoms with Crippen LogP contribution in [0.3, 0.4) is 0 Å². The minimum Gasteiger partial charge on any atom is -0.550 e. The Morgan fingerprint density at radius 3 is 1.82 bits per heavy atom. The Balaban J connectivity index is 0.000000425. The summed E-state index contributed by atoms with van der Waals surface area (Å²) in [5.41, 5.74) is 0. The number of rotatable bonds is 9. The molecular formula is C19H39NO2. The number of carboxylic acid groups (broad SMARTS) is 1. The Kier molecular flexibility index (Phi) is 12.6. The van der Waals surface area contributed by atoms with Crippen LogP contribution in [-0.4, -0.2) is 36.6 Å². The molecule has 0 spiro atoms. The van der Waals surface area contributed by atoms with Crippen LogP contribution >= 0.6 is 0 Å². The van der Waals surface area contributed by atoms with Gasteiger partial charge in [-0.1, -0.05) is 39.0 Å². The second kappa shape index (κ2) is 12.9. The highest BCUT2D eigenvalue weighted by Crippen LogP contribution is 2.22. The van der Waals surface area contributed by atoms with Gasteiger partial charge in [-0.25, -0.2) is 0 Å². The number of unbranched alkanes of at least 4 members (excludes halogenated alkanes) is 3. The van der Waals surface area contributed by atoms with Crippen LogP contribution < -0.4 is 5.11 Å². The van der Waals surface area contributed by atoms with Gasteiger partial charge in [0.05, 0.1) is 26.2 Å². The van der Waals surface area contributed by atoms with E-state index in [1.165, 1.54) is 62.8 Å². The molecule has 1 aliphatic carbocycles. The molecule has 0 unspecified atom stereocenters. The van der Waals surface area contributed by atoms with Crippen molar-refractivity contribution in [2.24, 2.45) is 5.92 Å². The Morgan fingerprint density at radius 1 is 0.909 bits per heavy atom. The van der Waals surface area contributed by atoms with Gasteiger partial charge in [0.2, 0.25) is 0 Å². The molecule has 132 valence electrons. The number of carbonyl (C=O) groups excluding carboxylic acids is 1. The molecule has 1 fully saturated rings. The lowest BCUT2D eigenvalue weighted by Crippen LogP contribution is -2.48. The molecule has 22 heavy (non-hydrogen) atoms. The van der Waals surface area contributed by atoms with E-state index in [0.717, 1.165) is 25.7 Å². The molecule has 0 heterocycles. The van der Waals surface area contributed by atoms with E-state index in [2.05, 4.69) is 27.7 Å². The summed E-state index contributed by atoms with van der Waals surface area (Å²) in [6.45, 7) is 14.6. The molecule has 0 atom stereocenters. The summed E-state index contributed by atoms with van der Waals surface area (Å²) >= 11 is 0. The molecular weight excluding hydrogens is 274 g/mol. The minimum atomic E-state index is -0.852. The van der Waals surface area contributed by atoms with Crippen LogP contribution in [0.5, 0.6) is 0 Å². The van der Waals surface area contributed by atoms with Gasteiger partial charge >= 0.3 is 0 Å². The molecule has 0 aromatic heterocycles. The van der Waals surface area contributed by atoms with Crippen molar-refractivity contribution in [2.45, 2.75) is 85.5 Å². The molecule has 0 N–H and O–H groups in total. The quantitative estimate of drug-likeness (QED) is 0.480. The molecule has 1 saturated carbocycles. The predicted octanol–water partition coefficient (Wildman–Crippen LogP) is 3.76. The molecule has 0 amide bonds. The highest BCUT2D eigenvalue weighted by molar-refractivity contribution is 5.67. The number of carbonyl (C=O) groups is 1. The molecule has 0 aliphatic heterocycles. The normalized spacial score (nSPS) is 16.0. The fraction of sp³-hybridized carbons (Fsp3) is 0.947. The van der Waals surface area contributed by atoms with E-state index < -0.39 is 5.97 Å². The summed E-state index contributed by atoms with van der Waals surface area (Å²) in [5.74, 6) is -0.992. The minimum absolute atomic E-state index is 0.140. The maximum Gasteiger partial charge on any atom is 0.0786 e. The first-order valence-electron chi connectivity index (χ1n) is 9.61. The van der Waals surface area contributed by atoms with Crippen LogP contribution in [0.25, 0.3) is 0 Å². The van der Waals surface area contributed by atoms with Crippen LogP contribution in [0.1, 0.15) is 85.5 Å². The number of hydrogen-bond donors (Lipinski definition) is 0. The maximum atomic E-state index is 10.2. The van der Waals surface area contributed by atoms with Crippen molar-refractivity contribution in [3.8, 4) is 0 Å². The molecule has 3 nitrogen and oxygen atoms in total. The van der Waals surface area contributed by atoms with E-state index in [4.69, 9.17) is 0 Å². The van der Waals surface area contributed by atoms with Gasteiger partial charge in [-0.05, 0) is 52.4 Å². The number of hydrogen-bond acceptors (Lipinski definition) is 2. The van der Waals surface area contributed by atoms with Gasteiger partial charge in [-0.2, -0.15) is 0 Å². The van der Waals surface area contributed by atoms with Gasteiger partial charge in [0.25, 0.3) is 0 Å². The average molecular weight is 314 g/mol. The average Bonchev–Trinajstić information content (AvgIpc) is 2.57. The third-order valence-electron chi connectivity index (χ3n) is 5.44. The van der Waals surface area contributed by atoms with Gasteiger partial charge in [0, 0.05) is 5.97 Å². The van der Waals surface area contributed by atoms with Crippen molar-refractivity contribution < 1.29 is 14.4 Å². The van der Waals surface area contributed by atoms with Crippen molar-refractivity contribution in [1.82, 2.24) is 0 Å². The second-order valence-corrected chi connectivity index (χ2v) is 6.73. The van der Waals surface area contributed by atoms with Crippen LogP contribution in [0.15, 0.2) is 0 Å². The first kappa shape index (κ1) is 21.4. The fourth-order valence-electron chi connectivity index (χ4n) is 3.36. The highest BCUT2D eigenvalue weighted by Gasteiger charge is 2.19. The zero-order chi connectivity index (χ0) is 16.8. The first-order chi connectivity index (χ1) is 10.5. The van der Waals surface area contributed by atoms with Crippen LogP contribution in [0.2, 0.25) is 0 Å². The standard InChI is InChI=1S/C12H28N.C7H12O2/c1-5-9-10-11-12-13(6-2,7-3)8-4;8-7(9)6-4-2-1-3-5-6/h5-12H2,1-4H3;6H,1-5H2,(H,8,9)/q+1;/p-1. The molecule has 0 aromatic carbocycles. The van der Waals surface area contributed by atoms with Crippen molar-refractivity contribution in [3.05, 3.63) is 0 Å². The van der Waals surface area contributed by atoms with E-state index in [1.54, 1.807) is 0 Å². The zero-order valence-electron chi connectivity index (χ0n) is 15.5. The van der Waals surface area contributed by atoms with Gasteiger partial charge in [0.15, 0.2) is 0 Å². The molecule has 0 saturated heterocycles. The Bertz CT molecular complexity index is 260. The van der Waals surface area contributed by atoms with Crippen LogP contribution in [0.4, 0.5) is 0 Å². The lowest BCUT2D eigenvalue weighted by atomic mass is 9.90. The topological polar surface area (TPSA) is 40.1 Å². The highest BCUT2D eigenvalue weighted by atomic mass is 16.4. The van der Waals surface area contributed by atoms with Gasteiger partial charge in [0.1, 0.15) is 0 Å². The number of nitrogens with zero attached hydrogens (tertiary/aromatic N) is 1. The van der Waals surface area contributed by atoms with Crippen molar-refractivity contribution in [3.63, 3.8) is 0 Å². The van der Waals surface area contributed by atoms with Crippen molar-refractivity contribution in [1.29, 1.82) is 0 Å². The molecule has 3 heteroatoms. The summed E-state index contributed by atoms with van der Waals surface area (Å²) < 4.78 is 1.32. The van der Waals surface area contributed by atoms with Crippen molar-refractivity contribution in [2.75, 3.05) is 26.2 Å². The van der Waals surface area contributed by atoms with Crippen LogP contribution in [-0.2, 0) is 4.79 Å². The summed E-state index contributed by atoms with van der Waals surface area (Å²) in [7, 11) is 0. The van der Waals surface area contributed by atoms with E-state index in [-0.39, 0.29) is 5.92 Å². The van der Waals surface area contributed by atoms with E-state index in [1.807, 2.05) is 0 Å². The lowest BCUT2D eigenvalue weighted by Gasteiger charge is -2.35. The smallest absolute Gasteiger partial charge is 0.0786 e. The van der Waals surface area contributed by atoms with Gasteiger partial charge in [-0.3, -0.25) is 0 Å². The van der Waals surface area contributed by atoms with Crippen LogP contribution in [0, 0.1) is 5.92 Å². The predicted molar refractivity (Wildman–Crippen MR) is 92.5 cm³/mol. The fourth-order valence-corrected chi connectivity index (χ4v) is 3.36. The molecule has 0 radical (unpaired) electrons. The third kappa shape index (κ3) is 8.77. The second-order valence-electron chi connectivity index (χ2n) is 6.73. The zero-order valence-corrected chi connectivity index (χ0v) is 15.5. The first-order valence-corrected chi connectivity index (χ1v) is 9.61. The van der Waals surface area contributed by atoms with E-state index in [9.17, 15) is 9.90 Å². The lowest BCUT2D eigenvalue weighted by molar-refractivity contribution is -0.923. The van der Waals surface area contributed by atoms with E-state index >= 15 is 0 Å². The molecule has 1 rings (SSSR count). The third-order valence-corrected chi connectivity index (χ3v) is 5.44. The summed E-state index contributed by atoms with van der Waals surface area (Å²) in [6, 6.07) is 0. The number of carboxylic acids is 1. The number of quaternary nitrogens is 1. The van der Waals surface area contributed by atoms with Gasteiger partial charge < -0.3 is 14.4 Å². The number of aliphatic carboxylic acids is 1. The summed E-state index contributed by atoms with van der Waals surface area (Å²) in [4.78, 5) is 10.2. The molecule has 0 bridgehead atoms. The summed E-state index contributed by atoms with van der Waals surface area (Å²) in [5, 5.41) is 10.2. The Morgan fingerprint density at radius 2 is 1.45 bits per heavy atom. The summed E-state index contributed by atoms with van der Waals surface area (Å²) in [6.07, 6.45) is 10.6. The van der Waals surface area contributed by atoms with Gasteiger partial charge in [-0.15, -0.1) is 0 Å².